The van der Waals surface area contributed by atoms with Crippen molar-refractivity contribution in [2.24, 2.45) is 5.41 Å². The number of nitrogens with zero attached hydrogens (tertiary/aromatic N) is 1. The third kappa shape index (κ3) is 4.76. The van der Waals surface area contributed by atoms with Crippen LogP contribution in [0.3, 0.4) is 0 Å². The van der Waals surface area contributed by atoms with Gasteiger partial charge in [-0.3, -0.25) is 4.79 Å². The van der Waals surface area contributed by atoms with E-state index in [0.29, 0.717) is 6.61 Å². The van der Waals surface area contributed by atoms with Gasteiger partial charge in [-0.2, -0.15) is 0 Å². The number of unbranched alkanes of at least 4 members (excludes halogenated alkanes) is 1. The Morgan fingerprint density at radius 1 is 1.45 bits per heavy atom. The summed E-state index contributed by atoms with van der Waals surface area (Å²) in [5, 5.41) is 9.69. The van der Waals surface area contributed by atoms with Crippen molar-refractivity contribution < 1.29 is 9.53 Å². The molecule has 0 aromatic carbocycles. The number of piperidine rings is 1. The maximum atomic E-state index is 12.5. The molecule has 1 aromatic rings. The average Bonchev–Trinajstić information content (AvgIpc) is 2.93. The Kier molecular flexibility index (Phi) is 6.79. The minimum Gasteiger partial charge on any atom is -0.384 e. The number of aromatic nitrogens is 1. The lowest BCUT2D eigenvalue weighted by Gasteiger charge is -2.35. The summed E-state index contributed by atoms with van der Waals surface area (Å²) >= 11 is 1.72. The van der Waals surface area contributed by atoms with Crippen LogP contribution in [0.15, 0.2) is 5.38 Å². The van der Waals surface area contributed by atoms with E-state index in [4.69, 9.17) is 4.74 Å². The van der Waals surface area contributed by atoms with Gasteiger partial charge in [-0.15, -0.1) is 11.3 Å². The van der Waals surface area contributed by atoms with Gasteiger partial charge in [0, 0.05) is 24.7 Å². The van der Waals surface area contributed by atoms with Crippen LogP contribution in [0, 0.1) is 12.3 Å². The van der Waals surface area contributed by atoms with E-state index >= 15 is 0 Å². The highest BCUT2D eigenvalue weighted by molar-refractivity contribution is 7.09. The molecule has 1 fully saturated rings. The molecule has 1 aliphatic heterocycles. The predicted molar refractivity (Wildman–Crippen MR) is 89.2 cm³/mol. The van der Waals surface area contributed by atoms with Crippen LogP contribution in [0.5, 0.6) is 0 Å². The number of amides is 1. The van der Waals surface area contributed by atoms with Crippen molar-refractivity contribution in [2.45, 2.75) is 39.0 Å². The number of ether oxygens (including phenoxy) is 1. The Labute approximate surface area is 136 Å². The number of rotatable bonds is 8. The van der Waals surface area contributed by atoms with Gasteiger partial charge in [0.1, 0.15) is 0 Å². The van der Waals surface area contributed by atoms with Gasteiger partial charge in [0.05, 0.1) is 17.0 Å². The van der Waals surface area contributed by atoms with Crippen molar-refractivity contribution in [2.75, 3.05) is 33.4 Å². The maximum absolute atomic E-state index is 12.5. The maximum Gasteiger partial charge on any atom is 0.228 e. The molecule has 22 heavy (non-hydrogen) atoms. The van der Waals surface area contributed by atoms with Gasteiger partial charge in [0.2, 0.25) is 5.91 Å². The highest BCUT2D eigenvalue weighted by Crippen LogP contribution is 2.29. The van der Waals surface area contributed by atoms with Crippen molar-refractivity contribution in [3.05, 3.63) is 16.1 Å². The average molecular weight is 325 g/mol. The van der Waals surface area contributed by atoms with Crippen LogP contribution >= 0.6 is 11.3 Å². The number of carbonyl (C=O) groups is 1. The second kappa shape index (κ2) is 8.60. The van der Waals surface area contributed by atoms with E-state index in [9.17, 15) is 4.79 Å². The number of methoxy groups -OCH3 is 1. The molecule has 2 rings (SSSR count). The fourth-order valence-corrected chi connectivity index (χ4v) is 3.74. The zero-order valence-electron chi connectivity index (χ0n) is 13.6. The van der Waals surface area contributed by atoms with E-state index < -0.39 is 0 Å². The topological polar surface area (TPSA) is 63.2 Å². The van der Waals surface area contributed by atoms with E-state index in [0.717, 1.165) is 57.4 Å². The quantitative estimate of drug-likeness (QED) is 0.717. The van der Waals surface area contributed by atoms with E-state index in [1.54, 1.807) is 18.4 Å². The predicted octanol–water partition coefficient (Wildman–Crippen LogP) is 1.91. The lowest BCUT2D eigenvalue weighted by Crippen LogP contribution is -2.50. The Balaban J connectivity index is 1.69. The summed E-state index contributed by atoms with van der Waals surface area (Å²) in [6.07, 6.45) is 4.76. The van der Waals surface area contributed by atoms with Gasteiger partial charge < -0.3 is 15.4 Å². The zero-order valence-corrected chi connectivity index (χ0v) is 14.4. The fourth-order valence-electron chi connectivity index (χ4n) is 2.93. The van der Waals surface area contributed by atoms with Crippen LogP contribution in [0.25, 0.3) is 0 Å². The zero-order chi connectivity index (χ0) is 15.8. The number of hydrogen-bond donors (Lipinski definition) is 2. The standard InChI is InChI=1S/C16H27N3O2S/c1-13-11-22-14(19-13)5-3-4-8-18-15(20)16(12-21-2)6-9-17-10-7-16/h11,17H,3-10,12H2,1-2H3,(H,18,20). The van der Waals surface area contributed by atoms with Gasteiger partial charge in [-0.05, 0) is 52.1 Å². The molecule has 1 amide bonds. The summed E-state index contributed by atoms with van der Waals surface area (Å²) in [5.74, 6) is 0.154. The summed E-state index contributed by atoms with van der Waals surface area (Å²) in [6.45, 7) is 5.05. The van der Waals surface area contributed by atoms with Crippen LogP contribution in [0.4, 0.5) is 0 Å². The monoisotopic (exact) mass is 325 g/mol. The fraction of sp³-hybridized carbons (Fsp3) is 0.750. The molecule has 0 bridgehead atoms. The molecule has 1 aliphatic rings. The molecule has 2 heterocycles. The number of thiazole rings is 1. The normalized spacial score (nSPS) is 17.4. The molecule has 124 valence electrons. The molecular formula is C16H27N3O2S. The third-order valence-electron chi connectivity index (χ3n) is 4.23. The summed E-state index contributed by atoms with van der Waals surface area (Å²) < 4.78 is 5.30. The van der Waals surface area contributed by atoms with Gasteiger partial charge in [0.15, 0.2) is 0 Å². The lowest BCUT2D eigenvalue weighted by atomic mass is 9.78. The number of nitrogens with one attached hydrogen (secondary N) is 2. The molecule has 6 heteroatoms. The Morgan fingerprint density at radius 2 is 2.23 bits per heavy atom. The highest BCUT2D eigenvalue weighted by atomic mass is 32.1. The van der Waals surface area contributed by atoms with Crippen LogP contribution in [0.2, 0.25) is 0 Å². The first kappa shape index (κ1) is 17.4. The third-order valence-corrected chi connectivity index (χ3v) is 5.26. The molecule has 1 aromatic heterocycles. The van der Waals surface area contributed by atoms with Crippen molar-refractivity contribution in [1.82, 2.24) is 15.6 Å². The van der Waals surface area contributed by atoms with Gasteiger partial charge in [0.25, 0.3) is 0 Å². The van der Waals surface area contributed by atoms with E-state index in [-0.39, 0.29) is 11.3 Å². The molecule has 5 nitrogen and oxygen atoms in total. The van der Waals surface area contributed by atoms with Crippen LogP contribution in [-0.4, -0.2) is 44.2 Å². The molecule has 0 unspecified atom stereocenters. The second-order valence-electron chi connectivity index (χ2n) is 6.06. The van der Waals surface area contributed by atoms with Crippen molar-refractivity contribution in [1.29, 1.82) is 0 Å². The number of carbonyl (C=O) groups excluding carboxylic acids is 1. The highest BCUT2D eigenvalue weighted by Gasteiger charge is 2.39. The van der Waals surface area contributed by atoms with Crippen LogP contribution in [-0.2, 0) is 16.0 Å². The largest absolute Gasteiger partial charge is 0.384 e. The second-order valence-corrected chi connectivity index (χ2v) is 7.00. The summed E-state index contributed by atoms with van der Waals surface area (Å²) in [7, 11) is 1.67. The molecule has 0 radical (unpaired) electrons. The summed E-state index contributed by atoms with van der Waals surface area (Å²) in [5.41, 5.74) is 0.757. The molecule has 2 N–H and O–H groups in total. The number of aryl methyl sites for hydroxylation is 2. The SMILES string of the molecule is COCC1(C(=O)NCCCCc2nc(C)cs2)CCNCC1. The molecular weight excluding hydrogens is 298 g/mol. The minimum atomic E-state index is -0.341. The van der Waals surface area contributed by atoms with Gasteiger partial charge in [-0.1, -0.05) is 0 Å². The summed E-state index contributed by atoms with van der Waals surface area (Å²) in [4.78, 5) is 17.0. The number of hydrogen-bond acceptors (Lipinski definition) is 5. The first-order chi connectivity index (χ1) is 10.7. The van der Waals surface area contributed by atoms with Crippen LogP contribution < -0.4 is 10.6 Å². The summed E-state index contributed by atoms with van der Waals surface area (Å²) in [6, 6.07) is 0. The van der Waals surface area contributed by atoms with E-state index in [1.807, 2.05) is 6.92 Å². The first-order valence-electron chi connectivity index (χ1n) is 8.05. The molecule has 0 atom stereocenters. The van der Waals surface area contributed by atoms with Crippen molar-refractivity contribution >= 4 is 17.2 Å². The molecule has 0 spiro atoms. The Hall–Kier alpha value is -0.980. The molecule has 0 saturated carbocycles. The minimum absolute atomic E-state index is 0.154. The van der Waals surface area contributed by atoms with Gasteiger partial charge >= 0.3 is 0 Å². The first-order valence-corrected chi connectivity index (χ1v) is 8.93. The smallest absolute Gasteiger partial charge is 0.228 e. The Morgan fingerprint density at radius 3 is 2.86 bits per heavy atom. The van der Waals surface area contributed by atoms with E-state index in [1.165, 1.54) is 5.01 Å². The van der Waals surface area contributed by atoms with Crippen molar-refractivity contribution in [3.8, 4) is 0 Å². The van der Waals surface area contributed by atoms with Crippen LogP contribution in [0.1, 0.15) is 36.4 Å². The lowest BCUT2D eigenvalue weighted by molar-refractivity contribution is -0.136. The molecule has 1 saturated heterocycles. The molecule has 0 aliphatic carbocycles. The van der Waals surface area contributed by atoms with Gasteiger partial charge in [-0.25, -0.2) is 4.98 Å². The Bertz CT molecular complexity index is 464. The van der Waals surface area contributed by atoms with E-state index in [2.05, 4.69) is 21.0 Å². The van der Waals surface area contributed by atoms with Crippen molar-refractivity contribution in [3.63, 3.8) is 0 Å².